The molecule has 2 aliphatic carbocycles. The highest BCUT2D eigenvalue weighted by molar-refractivity contribution is 5.58. The zero-order valence-electron chi connectivity index (χ0n) is 15.4. The van der Waals surface area contributed by atoms with Gasteiger partial charge in [0.1, 0.15) is 11.9 Å². The third-order valence-corrected chi connectivity index (χ3v) is 7.52. The van der Waals surface area contributed by atoms with Gasteiger partial charge in [0.25, 0.3) is 0 Å². The summed E-state index contributed by atoms with van der Waals surface area (Å²) in [7, 11) is 2.30. The molecule has 1 saturated heterocycles. The molecule has 25 heavy (non-hydrogen) atoms. The molecule has 0 amide bonds. The minimum atomic E-state index is 0.0759. The van der Waals surface area contributed by atoms with Gasteiger partial charge in [0.05, 0.1) is 6.61 Å². The quantitative estimate of drug-likeness (QED) is 0.881. The molecule has 5 atom stereocenters. The van der Waals surface area contributed by atoms with Crippen molar-refractivity contribution in [1.82, 2.24) is 10.2 Å². The Morgan fingerprint density at radius 1 is 1.36 bits per heavy atom. The maximum Gasteiger partial charge on any atom is 0.129 e. The van der Waals surface area contributed by atoms with Crippen LogP contribution in [0.5, 0.6) is 5.75 Å². The second kappa shape index (κ2) is 5.70. The van der Waals surface area contributed by atoms with Crippen molar-refractivity contribution >= 4 is 0 Å². The molecule has 0 aromatic heterocycles. The summed E-state index contributed by atoms with van der Waals surface area (Å²) in [6.07, 6.45) is 6.22. The molecule has 4 heteroatoms. The Hall–Kier alpha value is -1.10. The van der Waals surface area contributed by atoms with Crippen LogP contribution in [0.4, 0.5) is 0 Å². The summed E-state index contributed by atoms with van der Waals surface area (Å²) in [5.74, 6) is 1.72. The van der Waals surface area contributed by atoms with E-state index < -0.39 is 0 Å². The van der Waals surface area contributed by atoms with Gasteiger partial charge >= 0.3 is 0 Å². The Balaban J connectivity index is 1.67. The average molecular weight is 342 g/mol. The van der Waals surface area contributed by atoms with Crippen molar-refractivity contribution in [3.05, 3.63) is 28.8 Å². The molecule has 1 spiro atoms. The molecule has 1 aromatic rings. The van der Waals surface area contributed by atoms with Crippen LogP contribution in [-0.2, 0) is 18.4 Å². The van der Waals surface area contributed by atoms with Crippen LogP contribution < -0.4 is 10.1 Å². The number of benzene rings is 1. The number of likely N-dealkylation sites (tertiary alicyclic amines) is 1. The lowest BCUT2D eigenvalue weighted by Gasteiger charge is -2.59. The van der Waals surface area contributed by atoms with Crippen LogP contribution in [0.15, 0.2) is 12.1 Å². The van der Waals surface area contributed by atoms with Crippen LogP contribution >= 0.6 is 0 Å². The second-order valence-corrected chi connectivity index (χ2v) is 8.57. The van der Waals surface area contributed by atoms with E-state index in [0.717, 1.165) is 37.2 Å². The summed E-state index contributed by atoms with van der Waals surface area (Å²) >= 11 is 0. The van der Waals surface area contributed by atoms with E-state index in [1.807, 2.05) is 0 Å². The maximum absolute atomic E-state index is 9.88. The van der Waals surface area contributed by atoms with Gasteiger partial charge in [-0.25, -0.2) is 0 Å². The number of rotatable bonds is 4. The lowest BCUT2D eigenvalue weighted by atomic mass is 9.51. The molecule has 0 radical (unpaired) electrons. The van der Waals surface area contributed by atoms with Gasteiger partial charge in [-0.3, -0.25) is 0 Å². The van der Waals surface area contributed by atoms with E-state index in [0.29, 0.717) is 18.0 Å². The Morgan fingerprint density at radius 2 is 2.24 bits per heavy atom. The first kappa shape index (κ1) is 16.1. The Kier molecular flexibility index (Phi) is 3.67. The molecule has 1 saturated carbocycles. The smallest absolute Gasteiger partial charge is 0.129 e. The fraction of sp³-hybridized carbons (Fsp3) is 0.714. The van der Waals surface area contributed by atoms with Gasteiger partial charge in [-0.05, 0) is 63.7 Å². The van der Waals surface area contributed by atoms with Crippen molar-refractivity contribution < 1.29 is 9.84 Å². The van der Waals surface area contributed by atoms with Crippen LogP contribution in [0.1, 0.15) is 49.3 Å². The Labute approximate surface area is 150 Å². The number of nitrogens with one attached hydrogen (secondary N) is 1. The average Bonchev–Trinajstić information content (AvgIpc) is 2.98. The number of piperidine rings is 1. The number of nitrogens with zero attached hydrogens (tertiary/aromatic N) is 1. The van der Waals surface area contributed by atoms with E-state index in [1.54, 1.807) is 0 Å². The predicted molar refractivity (Wildman–Crippen MR) is 98.0 cm³/mol. The zero-order chi connectivity index (χ0) is 17.2. The first-order valence-electron chi connectivity index (χ1n) is 10.1. The topological polar surface area (TPSA) is 44.7 Å². The predicted octanol–water partition coefficient (Wildman–Crippen LogP) is 2.22. The molecule has 2 aliphatic heterocycles. The number of aliphatic hydroxyl groups excluding tert-OH is 1. The van der Waals surface area contributed by atoms with Crippen LogP contribution in [-0.4, -0.2) is 48.3 Å². The first-order valence-corrected chi connectivity index (χ1v) is 10.1. The van der Waals surface area contributed by atoms with Gasteiger partial charge in [0.15, 0.2) is 0 Å². The standard InChI is InChI=1S/C21H30N2O2/c1-3-9-22-16-7-6-15-17-11-13-4-5-14(12-24)19-18(13)21(15,20(16)25-19)8-10-23(17)2/h4-5,15-17,20,22,24H,3,6-12H2,1-2H3/t15?,16?,17?,20?,21-/m1/s1. The summed E-state index contributed by atoms with van der Waals surface area (Å²) in [6.45, 7) is 4.52. The molecule has 1 aromatic carbocycles. The number of hydrogen-bond donors (Lipinski definition) is 2. The molecule has 136 valence electrons. The molecule has 5 rings (SSSR count). The lowest BCUT2D eigenvalue weighted by Crippen LogP contribution is -2.68. The molecule has 2 bridgehead atoms. The monoisotopic (exact) mass is 342 g/mol. The minimum Gasteiger partial charge on any atom is -0.487 e. The summed E-state index contributed by atoms with van der Waals surface area (Å²) in [5, 5.41) is 13.7. The Morgan fingerprint density at radius 3 is 3.04 bits per heavy atom. The van der Waals surface area contributed by atoms with E-state index in [9.17, 15) is 5.11 Å². The van der Waals surface area contributed by atoms with E-state index in [-0.39, 0.29) is 18.1 Å². The minimum absolute atomic E-state index is 0.0759. The highest BCUT2D eigenvalue weighted by atomic mass is 16.5. The number of ether oxygens (including phenoxy) is 1. The second-order valence-electron chi connectivity index (χ2n) is 8.57. The molecule has 4 nitrogen and oxygen atoms in total. The SMILES string of the molecule is CCCNC1CCC2C3Cc4ccc(CO)c5c4[C@]2(CCN3C)C1O5. The van der Waals surface area contributed by atoms with Crippen molar-refractivity contribution in [1.29, 1.82) is 0 Å². The molecule has 4 unspecified atom stereocenters. The van der Waals surface area contributed by atoms with Crippen molar-refractivity contribution in [2.45, 2.75) is 69.2 Å². The van der Waals surface area contributed by atoms with Gasteiger partial charge in [-0.1, -0.05) is 19.1 Å². The highest BCUT2D eigenvalue weighted by Gasteiger charge is 2.65. The van der Waals surface area contributed by atoms with Crippen LogP contribution in [0.3, 0.4) is 0 Å². The lowest BCUT2D eigenvalue weighted by molar-refractivity contribution is -0.0571. The van der Waals surface area contributed by atoms with Crippen molar-refractivity contribution in [3.8, 4) is 5.75 Å². The number of hydrogen-bond acceptors (Lipinski definition) is 4. The molecule has 4 aliphatic rings. The van der Waals surface area contributed by atoms with Crippen LogP contribution in [0.2, 0.25) is 0 Å². The van der Waals surface area contributed by atoms with Gasteiger partial charge in [0.2, 0.25) is 0 Å². The summed E-state index contributed by atoms with van der Waals surface area (Å²) < 4.78 is 6.70. The highest BCUT2D eigenvalue weighted by Crippen LogP contribution is 2.62. The Bertz CT molecular complexity index is 691. The van der Waals surface area contributed by atoms with Gasteiger partial charge < -0.3 is 20.1 Å². The van der Waals surface area contributed by atoms with E-state index >= 15 is 0 Å². The summed E-state index contributed by atoms with van der Waals surface area (Å²) in [6, 6.07) is 5.44. The van der Waals surface area contributed by atoms with E-state index in [2.05, 4.69) is 36.3 Å². The number of likely N-dealkylation sites (N-methyl/N-ethyl adjacent to an activating group) is 1. The van der Waals surface area contributed by atoms with E-state index in [4.69, 9.17) is 4.74 Å². The molecule has 2 N–H and O–H groups in total. The summed E-state index contributed by atoms with van der Waals surface area (Å²) in [4.78, 5) is 2.59. The third kappa shape index (κ3) is 1.99. The molecular weight excluding hydrogens is 312 g/mol. The van der Waals surface area contributed by atoms with Crippen molar-refractivity contribution in [2.24, 2.45) is 5.92 Å². The van der Waals surface area contributed by atoms with Gasteiger partial charge in [-0.15, -0.1) is 0 Å². The van der Waals surface area contributed by atoms with Crippen LogP contribution in [0.25, 0.3) is 0 Å². The number of aliphatic hydroxyl groups is 1. The molecular formula is C21H30N2O2. The normalized spacial score (nSPS) is 38.4. The zero-order valence-corrected chi connectivity index (χ0v) is 15.4. The van der Waals surface area contributed by atoms with E-state index in [1.165, 1.54) is 30.4 Å². The van der Waals surface area contributed by atoms with Gasteiger partial charge in [0, 0.05) is 28.6 Å². The summed E-state index contributed by atoms with van der Waals surface area (Å²) in [5.41, 5.74) is 4.09. The molecule has 2 fully saturated rings. The third-order valence-electron chi connectivity index (χ3n) is 7.52. The fourth-order valence-electron chi connectivity index (χ4n) is 6.47. The van der Waals surface area contributed by atoms with Gasteiger partial charge in [-0.2, -0.15) is 0 Å². The molecule has 2 heterocycles. The first-order chi connectivity index (χ1) is 12.2. The fourth-order valence-corrected chi connectivity index (χ4v) is 6.47. The maximum atomic E-state index is 9.88. The van der Waals surface area contributed by atoms with Crippen molar-refractivity contribution in [2.75, 3.05) is 20.1 Å². The van der Waals surface area contributed by atoms with Crippen LogP contribution in [0, 0.1) is 5.92 Å². The largest absolute Gasteiger partial charge is 0.487 e. The van der Waals surface area contributed by atoms with Crippen molar-refractivity contribution in [3.63, 3.8) is 0 Å².